The maximum absolute atomic E-state index is 13.3. The van der Waals surface area contributed by atoms with Gasteiger partial charge in [-0.3, -0.25) is 18.9 Å². The fourth-order valence-corrected chi connectivity index (χ4v) is 9.45. The molecule has 0 spiro atoms. The average molecular weight is 1220 g/mol. The molecule has 0 saturated heterocycles. The number of hydrogen-bond acceptors (Lipinski definition) is 15. The summed E-state index contributed by atoms with van der Waals surface area (Å²) in [6.07, 6.45) is 0. The number of fused-ring (bicyclic) bond motifs is 2. The number of aromatic hydroxyl groups is 1. The molecule has 8 aromatic carbocycles. The Bertz CT molecular complexity index is 3830. The van der Waals surface area contributed by atoms with Gasteiger partial charge in [0.2, 0.25) is 0 Å². The number of rotatable bonds is 14. The summed E-state index contributed by atoms with van der Waals surface area (Å²) in [5.74, 6) is -1.25. The summed E-state index contributed by atoms with van der Waals surface area (Å²) in [6, 6.07) is 35.2. The van der Waals surface area contributed by atoms with E-state index in [0.717, 1.165) is 6.07 Å². The van der Waals surface area contributed by atoms with Crippen molar-refractivity contribution in [3.05, 3.63) is 166 Å². The number of amides is 1. The molecule has 0 aliphatic heterocycles. The molecular weight excluding hydrogens is 1170 g/mol. The van der Waals surface area contributed by atoms with Crippen LogP contribution in [0.3, 0.4) is 0 Å². The van der Waals surface area contributed by atoms with Gasteiger partial charge in [0.1, 0.15) is 27.0 Å². The van der Waals surface area contributed by atoms with Gasteiger partial charge in [0.25, 0.3) is 26.1 Å². The first-order valence-corrected chi connectivity index (χ1v) is 25.7. The number of benzene rings is 8. The van der Waals surface area contributed by atoms with Crippen LogP contribution in [-0.2, 0) is 20.2 Å². The molecule has 18 nitrogen and oxygen atoms in total. The van der Waals surface area contributed by atoms with Gasteiger partial charge in [-0.15, -0.1) is 5.11 Å². The van der Waals surface area contributed by atoms with Crippen LogP contribution in [0.1, 0.15) is 40.9 Å². The summed E-state index contributed by atoms with van der Waals surface area (Å²) in [5, 5.41) is 58.4. The second-order valence-electron chi connectivity index (χ2n) is 15.9. The van der Waals surface area contributed by atoms with Gasteiger partial charge in [-0.2, -0.15) is 32.2 Å². The van der Waals surface area contributed by atoms with E-state index in [2.05, 4.69) is 30.8 Å². The smallest absolute Gasteiger partial charge is 0.871 e. The fraction of sp³-hybridized carbons (Fsp3) is 0.115. The van der Waals surface area contributed by atoms with Crippen molar-refractivity contribution in [1.29, 1.82) is 0 Å². The number of hydrogen-bond donors (Lipinski definition) is 4. The first-order valence-electron chi connectivity index (χ1n) is 22.1. The predicted octanol–water partition coefficient (Wildman–Crippen LogP) is 11.8. The fourth-order valence-electron chi connectivity index (χ4n) is 7.28. The van der Waals surface area contributed by atoms with Crippen LogP contribution < -0.4 is 25.0 Å². The third-order valence-corrected chi connectivity index (χ3v) is 13.4. The normalized spacial score (nSPS) is 11.9. The number of carbonyl (C=O) groups is 1. The summed E-state index contributed by atoms with van der Waals surface area (Å²) >= 11 is 12.0. The molecule has 0 atom stereocenters. The zero-order valence-electron chi connectivity index (χ0n) is 40.1. The van der Waals surface area contributed by atoms with Crippen LogP contribution >= 0.6 is 23.2 Å². The molecule has 8 rings (SSSR count). The number of phenolic OH excluding ortho intramolecular Hbond substituents is 1. The summed E-state index contributed by atoms with van der Waals surface area (Å²) in [5.41, 5.74) is 1.65. The van der Waals surface area contributed by atoms with Crippen LogP contribution in [0.2, 0.25) is 10.0 Å². The zero-order chi connectivity index (χ0) is 53.5. The molecule has 23 heteroatoms. The van der Waals surface area contributed by atoms with E-state index in [-0.39, 0.29) is 98.6 Å². The molecule has 0 aromatic heterocycles. The second-order valence-corrected chi connectivity index (χ2v) is 19.5. The number of ether oxygens (including phenoxy) is 2. The van der Waals surface area contributed by atoms with Crippen LogP contribution in [-0.4, -0.2) is 105 Å². The molecule has 0 bridgehead atoms. The van der Waals surface area contributed by atoms with Crippen LogP contribution in [0.4, 0.5) is 34.1 Å². The van der Waals surface area contributed by atoms with Gasteiger partial charge in [0.05, 0.1) is 51.6 Å². The molecule has 0 radical (unpaired) electrons. The Morgan fingerprint density at radius 1 is 0.627 bits per heavy atom. The molecule has 0 heterocycles. The quantitative estimate of drug-likeness (QED) is 0.0260. The van der Waals surface area contributed by atoms with E-state index in [1.165, 1.54) is 24.3 Å². The molecule has 4 N–H and O–H groups in total. The van der Waals surface area contributed by atoms with Crippen molar-refractivity contribution in [2.45, 2.75) is 37.5 Å². The molecule has 75 heavy (non-hydrogen) atoms. The number of phenols is 1. The third-order valence-electron chi connectivity index (χ3n) is 10.8. The second kappa shape index (κ2) is 25.0. The van der Waals surface area contributed by atoms with Gasteiger partial charge in [-0.05, 0) is 122 Å². The number of aliphatic imine (C=N–C) groups is 1. The van der Waals surface area contributed by atoms with Gasteiger partial charge in [-0.1, -0.05) is 89.6 Å². The van der Waals surface area contributed by atoms with Gasteiger partial charge in [0, 0.05) is 28.6 Å². The number of anilines is 1. The third kappa shape index (κ3) is 14.1. The number of nitrogens with zero attached hydrogens (tertiary/aromatic N) is 5. The van der Waals surface area contributed by atoms with Crippen molar-refractivity contribution in [3.8, 4) is 23.0 Å². The Morgan fingerprint density at radius 2 is 1.11 bits per heavy atom. The van der Waals surface area contributed by atoms with E-state index in [1.807, 2.05) is 13.8 Å². The maximum Gasteiger partial charge on any atom is 2.00 e. The summed E-state index contributed by atoms with van der Waals surface area (Å²) in [7, 11) is -9.05. The molecule has 0 fully saturated rings. The SMILES string of the molecule is CCOc1cccc(N=C([O-])c2cc3ccccc3c(N=Nc3cc(Cl)c(S(=O)(=O)O)cc3C)c2[O-])c1.CCOc1cccc(NC(=O)c2cc3ccccc3c(N=Nc3cc(Cl)c(S(=O)(=O)O)cc3C)c2O)c1.[Ba+2]. The predicted molar refractivity (Wildman–Crippen MR) is 284 cm³/mol. The van der Waals surface area contributed by atoms with Gasteiger partial charge >= 0.3 is 48.9 Å². The van der Waals surface area contributed by atoms with Crippen LogP contribution in [0, 0.1) is 13.8 Å². The standard InChI is InChI=1S/2C26H22ClN3O6S.Ba/c2*1-3-36-18-9-6-8-17(13-18)28-26(32)20-12-16-7-4-5-10-19(16)24(25(20)31)30-29-22-14-21(27)23(11-15(22)2)37(33,34)35;/h2*4-14,31H,3H2,1-2H3,(H,28,32)(H,33,34,35);/q;;+2/p-2. The van der Waals surface area contributed by atoms with Crippen molar-refractivity contribution in [1.82, 2.24) is 0 Å². The molecule has 0 saturated carbocycles. The van der Waals surface area contributed by atoms with Gasteiger partial charge in [0.15, 0.2) is 5.75 Å². The molecular formula is C52H42BaCl2N6O12S2. The van der Waals surface area contributed by atoms with Gasteiger partial charge in [-0.25, -0.2) is 0 Å². The first-order chi connectivity index (χ1) is 35.2. The molecule has 0 unspecified atom stereocenters. The Kier molecular flexibility index (Phi) is 19.3. The van der Waals surface area contributed by atoms with Crippen molar-refractivity contribution in [3.63, 3.8) is 0 Å². The number of azo groups is 2. The maximum atomic E-state index is 13.3. The molecule has 0 aliphatic carbocycles. The zero-order valence-corrected chi connectivity index (χ0v) is 47.7. The van der Waals surface area contributed by atoms with E-state index < -0.39 is 47.6 Å². The van der Waals surface area contributed by atoms with Crippen LogP contribution in [0.25, 0.3) is 21.5 Å². The van der Waals surface area contributed by atoms with Gasteiger partial charge < -0.3 is 30.1 Å². The monoisotopic (exact) mass is 1210 g/mol. The molecule has 0 aliphatic rings. The molecule has 380 valence electrons. The van der Waals surface area contributed by atoms with Crippen molar-refractivity contribution >= 4 is 160 Å². The van der Waals surface area contributed by atoms with E-state index in [4.69, 9.17) is 32.7 Å². The number of halogens is 2. The average Bonchev–Trinajstić information content (AvgIpc) is 3.34. The number of aryl methyl sites for hydroxylation is 2. The van der Waals surface area contributed by atoms with Crippen LogP contribution in [0.5, 0.6) is 23.0 Å². The van der Waals surface area contributed by atoms with E-state index in [9.17, 15) is 46.1 Å². The van der Waals surface area contributed by atoms with Crippen molar-refractivity contribution in [2.24, 2.45) is 25.4 Å². The van der Waals surface area contributed by atoms with Crippen molar-refractivity contribution < 1.29 is 55.5 Å². The summed E-state index contributed by atoms with van der Waals surface area (Å²) < 4.78 is 75.6. The number of nitrogens with one attached hydrogen (secondary N) is 1. The van der Waals surface area contributed by atoms with E-state index in [0.29, 0.717) is 68.8 Å². The topological polar surface area (TPSA) is 284 Å². The minimum atomic E-state index is -4.53. The number of carbonyl (C=O) groups excluding carboxylic acids is 1. The Hall–Kier alpha value is -6.41. The summed E-state index contributed by atoms with van der Waals surface area (Å²) in [4.78, 5) is 16.3. The van der Waals surface area contributed by atoms with E-state index in [1.54, 1.807) is 117 Å². The van der Waals surface area contributed by atoms with Crippen LogP contribution in [0.15, 0.2) is 169 Å². The summed E-state index contributed by atoms with van der Waals surface area (Å²) in [6.45, 7) is 7.72. The Balaban J connectivity index is 0.000000241. The van der Waals surface area contributed by atoms with Crippen molar-refractivity contribution in [2.75, 3.05) is 18.5 Å². The largest absolute Gasteiger partial charge is 2.00 e. The molecule has 8 aromatic rings. The minimum absolute atomic E-state index is 0. The van der Waals surface area contributed by atoms with E-state index >= 15 is 0 Å². The Morgan fingerprint density at radius 3 is 1.64 bits per heavy atom. The molecule has 1 amide bonds. The Labute approximate surface area is 481 Å². The minimum Gasteiger partial charge on any atom is -0.871 e. The first kappa shape index (κ1) is 57.9.